The fourth-order valence-electron chi connectivity index (χ4n) is 3.53. The first kappa shape index (κ1) is 26.1. The maximum atomic E-state index is 12.4. The third kappa shape index (κ3) is 6.53. The molecule has 0 fully saturated rings. The molecular weight excluding hydrogens is 456 g/mol. The number of rotatable bonds is 13. The molecule has 0 aliphatic carbocycles. The molecule has 0 unspecified atom stereocenters. The van der Waals surface area contributed by atoms with Gasteiger partial charge in [0.15, 0.2) is 6.10 Å². The Morgan fingerprint density at radius 3 is 2.49 bits per heavy atom. The number of ether oxygens (including phenoxy) is 4. The maximum absolute atomic E-state index is 12.4. The van der Waals surface area contributed by atoms with Gasteiger partial charge in [-0.2, -0.15) is 4.98 Å². The lowest BCUT2D eigenvalue weighted by molar-refractivity contribution is -0.162. The van der Waals surface area contributed by atoms with Crippen molar-refractivity contribution in [2.75, 3.05) is 20.3 Å². The fraction of sp³-hybridized carbons (Fsp3) is 0.417. The third-order valence-corrected chi connectivity index (χ3v) is 5.12. The molecule has 0 spiro atoms. The molecule has 0 aliphatic heterocycles. The Bertz CT molecular complexity index is 1120. The number of aliphatic hydroxyl groups excluding tert-OH is 1. The Morgan fingerprint density at radius 2 is 1.80 bits per heavy atom. The number of methoxy groups -OCH3 is 1. The second-order valence-electron chi connectivity index (χ2n) is 7.47. The van der Waals surface area contributed by atoms with E-state index in [1.807, 2.05) is 30.3 Å². The van der Waals surface area contributed by atoms with Gasteiger partial charge < -0.3 is 28.6 Å². The van der Waals surface area contributed by atoms with E-state index < -0.39 is 24.1 Å². The van der Waals surface area contributed by atoms with Crippen LogP contribution in [0.4, 0.5) is 0 Å². The number of carbonyl (C=O) groups is 2. The van der Waals surface area contributed by atoms with E-state index in [0.717, 1.165) is 5.56 Å². The monoisotopic (exact) mass is 486 g/mol. The summed E-state index contributed by atoms with van der Waals surface area (Å²) in [5.74, 6) is -1.33. The van der Waals surface area contributed by atoms with Crippen molar-refractivity contribution in [3.8, 4) is 5.88 Å². The molecule has 0 bridgehead atoms. The van der Waals surface area contributed by atoms with Crippen molar-refractivity contribution in [3.05, 3.63) is 54.0 Å². The van der Waals surface area contributed by atoms with Crippen LogP contribution in [0.5, 0.6) is 5.88 Å². The van der Waals surface area contributed by atoms with E-state index in [4.69, 9.17) is 18.9 Å². The van der Waals surface area contributed by atoms with Crippen molar-refractivity contribution < 1.29 is 33.6 Å². The van der Waals surface area contributed by atoms with Crippen LogP contribution in [0.2, 0.25) is 0 Å². The number of nitrogens with one attached hydrogen (secondary N) is 1. The van der Waals surface area contributed by atoms with Gasteiger partial charge in [-0.05, 0) is 19.4 Å². The highest BCUT2D eigenvalue weighted by Gasteiger charge is 2.34. The van der Waals surface area contributed by atoms with E-state index in [-0.39, 0.29) is 26.5 Å². The van der Waals surface area contributed by atoms with Crippen molar-refractivity contribution in [2.45, 2.75) is 45.9 Å². The molecule has 35 heavy (non-hydrogen) atoms. The van der Waals surface area contributed by atoms with Crippen molar-refractivity contribution in [1.29, 1.82) is 0 Å². The summed E-state index contributed by atoms with van der Waals surface area (Å²) < 4.78 is 23.0. The zero-order valence-corrected chi connectivity index (χ0v) is 20.0. The molecule has 0 amide bonds. The van der Waals surface area contributed by atoms with Crippen LogP contribution >= 0.6 is 0 Å². The molecule has 3 aromatic rings. The predicted molar refractivity (Wildman–Crippen MR) is 125 cm³/mol. The summed E-state index contributed by atoms with van der Waals surface area (Å²) >= 11 is 0. The minimum Gasteiger partial charge on any atom is -0.479 e. The highest BCUT2D eigenvalue weighted by molar-refractivity contribution is 5.87. The lowest BCUT2D eigenvalue weighted by atomic mass is 10.1. The minimum atomic E-state index is -1.74. The molecule has 0 saturated carbocycles. The lowest BCUT2D eigenvalue weighted by Gasteiger charge is -2.21. The fourth-order valence-corrected chi connectivity index (χ4v) is 3.53. The van der Waals surface area contributed by atoms with Crippen LogP contribution in [0.1, 0.15) is 25.0 Å². The van der Waals surface area contributed by atoms with E-state index in [0.29, 0.717) is 29.1 Å². The number of hydrogen-bond acceptors (Lipinski definition) is 10. The minimum absolute atomic E-state index is 0.0681. The average Bonchev–Trinajstić information content (AvgIpc) is 3.22. The second kappa shape index (κ2) is 12.8. The molecule has 2 heterocycles. The van der Waals surface area contributed by atoms with Crippen LogP contribution in [-0.2, 0) is 43.7 Å². The first-order valence-electron chi connectivity index (χ1n) is 11.2. The smallest absolute Gasteiger partial charge is 0.337 e. The van der Waals surface area contributed by atoms with Gasteiger partial charge in [-0.15, -0.1) is 0 Å². The highest BCUT2D eigenvalue weighted by atomic mass is 16.6. The highest BCUT2D eigenvalue weighted by Crippen LogP contribution is 2.26. The van der Waals surface area contributed by atoms with Crippen LogP contribution in [0, 0.1) is 0 Å². The normalized spacial score (nSPS) is 12.8. The van der Waals surface area contributed by atoms with Crippen molar-refractivity contribution in [2.24, 2.45) is 0 Å². The number of aliphatic hydroxyl groups is 1. The van der Waals surface area contributed by atoms with Crippen LogP contribution in [0.15, 0.2) is 42.9 Å². The van der Waals surface area contributed by atoms with Crippen LogP contribution in [-0.4, -0.2) is 64.0 Å². The van der Waals surface area contributed by atoms with Gasteiger partial charge in [-0.3, -0.25) is 10.1 Å². The molecule has 3 rings (SSSR count). The van der Waals surface area contributed by atoms with E-state index in [9.17, 15) is 14.7 Å². The van der Waals surface area contributed by atoms with Gasteiger partial charge in [0.25, 0.3) is 0 Å². The molecule has 188 valence electrons. The van der Waals surface area contributed by atoms with Gasteiger partial charge >= 0.3 is 11.9 Å². The molecule has 2 atom stereocenters. The van der Waals surface area contributed by atoms with Gasteiger partial charge in [0.2, 0.25) is 5.88 Å². The summed E-state index contributed by atoms with van der Waals surface area (Å²) in [5.41, 5.74) is 2.88. The van der Waals surface area contributed by atoms with E-state index in [2.05, 4.69) is 15.3 Å². The number of carbonyl (C=O) groups excluding carboxylic acids is 2. The molecular formula is C24H30N4O7. The summed E-state index contributed by atoms with van der Waals surface area (Å²) in [7, 11) is 1.51. The van der Waals surface area contributed by atoms with Gasteiger partial charge in [0, 0.05) is 18.3 Å². The molecule has 0 saturated heterocycles. The number of fused-ring (bicyclic) bond motifs is 1. The van der Waals surface area contributed by atoms with E-state index in [1.165, 1.54) is 13.4 Å². The lowest BCUT2D eigenvalue weighted by Crippen LogP contribution is -2.50. The molecule has 2 aromatic heterocycles. The second-order valence-corrected chi connectivity index (χ2v) is 7.47. The SMILES string of the molecule is CCOC(=O)[C@@H](O)[C@@H](NCc1cn(COCc2ccccc2)c2c(OC)ncnc12)C(=O)OCC. The Hall–Kier alpha value is -3.54. The van der Waals surface area contributed by atoms with Crippen molar-refractivity contribution >= 4 is 23.0 Å². The Balaban J connectivity index is 1.82. The third-order valence-electron chi connectivity index (χ3n) is 5.12. The van der Waals surface area contributed by atoms with Crippen molar-refractivity contribution in [1.82, 2.24) is 19.9 Å². The number of benzene rings is 1. The first-order valence-corrected chi connectivity index (χ1v) is 11.2. The maximum Gasteiger partial charge on any atom is 0.337 e. The molecule has 0 aliphatic rings. The zero-order chi connectivity index (χ0) is 25.2. The van der Waals surface area contributed by atoms with Gasteiger partial charge in [0.1, 0.15) is 30.1 Å². The summed E-state index contributed by atoms with van der Waals surface area (Å²) in [6.07, 6.45) is 1.43. The molecule has 11 nitrogen and oxygen atoms in total. The summed E-state index contributed by atoms with van der Waals surface area (Å²) in [5, 5.41) is 13.3. The van der Waals surface area contributed by atoms with Crippen molar-refractivity contribution in [3.63, 3.8) is 0 Å². The predicted octanol–water partition coefficient (Wildman–Crippen LogP) is 1.56. The van der Waals surface area contributed by atoms with Gasteiger partial charge in [-0.25, -0.2) is 9.78 Å². The molecule has 0 radical (unpaired) electrons. The summed E-state index contributed by atoms with van der Waals surface area (Å²) in [6, 6.07) is 8.43. The quantitative estimate of drug-likeness (QED) is 0.343. The summed E-state index contributed by atoms with van der Waals surface area (Å²) in [6.45, 7) is 4.09. The first-order chi connectivity index (χ1) is 17.0. The molecule has 11 heteroatoms. The van der Waals surface area contributed by atoms with Crippen LogP contribution in [0.25, 0.3) is 11.0 Å². The number of nitrogens with zero attached hydrogens (tertiary/aromatic N) is 3. The number of hydrogen-bond donors (Lipinski definition) is 2. The summed E-state index contributed by atoms with van der Waals surface area (Å²) in [4.78, 5) is 33.0. The molecule has 1 aromatic carbocycles. The van der Waals surface area contributed by atoms with Gasteiger partial charge in [0.05, 0.1) is 26.9 Å². The largest absolute Gasteiger partial charge is 0.479 e. The van der Waals surface area contributed by atoms with E-state index in [1.54, 1.807) is 24.6 Å². The van der Waals surface area contributed by atoms with Crippen LogP contribution < -0.4 is 10.1 Å². The Labute approximate surface area is 203 Å². The average molecular weight is 487 g/mol. The standard InChI is InChI=1S/C24H30N4O7/c1-4-34-23(30)19(21(29)24(31)35-5-2)25-11-17-12-28(15-33-13-16-9-7-6-8-10-16)20-18(17)26-14-27-22(20)32-3/h6-10,12,14,19,21,25,29H,4-5,11,13,15H2,1-3H3/t19-,21+/m1/s1. The number of aromatic nitrogens is 3. The zero-order valence-electron chi connectivity index (χ0n) is 20.0. The molecule has 2 N–H and O–H groups in total. The topological polar surface area (TPSA) is 134 Å². The Kier molecular flexibility index (Phi) is 9.53. The Morgan fingerprint density at radius 1 is 1.09 bits per heavy atom. The van der Waals surface area contributed by atoms with Gasteiger partial charge in [-0.1, -0.05) is 30.3 Å². The van der Waals surface area contributed by atoms with E-state index >= 15 is 0 Å². The van der Waals surface area contributed by atoms with Crippen LogP contribution in [0.3, 0.4) is 0 Å². The number of esters is 2.